The van der Waals surface area contributed by atoms with Crippen molar-refractivity contribution in [3.63, 3.8) is 0 Å². The third kappa shape index (κ3) is 4.63. The maximum atomic E-state index is 12.8. The smallest absolute Gasteiger partial charge is 0.247 e. The standard InChI is InChI=1S/C22H21NO3/c1-25-21-12-6-5-10-19(21)13-14-22(24)23(17-20-11-7-15-26-20)16-18-8-3-2-4-9-18/h2-15H,16-17H2,1H3/b14-13+. The van der Waals surface area contributed by atoms with Crippen LogP contribution in [0.1, 0.15) is 16.9 Å². The molecule has 0 N–H and O–H groups in total. The zero-order chi connectivity index (χ0) is 18.2. The summed E-state index contributed by atoms with van der Waals surface area (Å²) in [6.07, 6.45) is 4.97. The van der Waals surface area contributed by atoms with Gasteiger partial charge < -0.3 is 14.1 Å². The van der Waals surface area contributed by atoms with Crippen molar-refractivity contribution >= 4 is 12.0 Å². The van der Waals surface area contributed by atoms with Gasteiger partial charge in [-0.25, -0.2) is 0 Å². The molecule has 0 fully saturated rings. The summed E-state index contributed by atoms with van der Waals surface area (Å²) in [5, 5.41) is 0. The van der Waals surface area contributed by atoms with Crippen LogP contribution in [0, 0.1) is 0 Å². The van der Waals surface area contributed by atoms with E-state index in [4.69, 9.17) is 9.15 Å². The molecule has 132 valence electrons. The molecule has 0 atom stereocenters. The summed E-state index contributed by atoms with van der Waals surface area (Å²) in [6, 6.07) is 21.2. The van der Waals surface area contributed by atoms with Gasteiger partial charge >= 0.3 is 0 Å². The summed E-state index contributed by atoms with van der Waals surface area (Å²) in [5.74, 6) is 1.40. The molecule has 1 aromatic heterocycles. The van der Waals surface area contributed by atoms with Gasteiger partial charge in [-0.1, -0.05) is 48.5 Å². The van der Waals surface area contributed by atoms with Gasteiger partial charge in [0.2, 0.25) is 5.91 Å². The van der Waals surface area contributed by atoms with Crippen molar-refractivity contribution in [2.45, 2.75) is 13.1 Å². The second kappa shape index (κ2) is 8.72. The first kappa shape index (κ1) is 17.5. The first-order chi connectivity index (χ1) is 12.8. The number of rotatable bonds is 7. The fourth-order valence-electron chi connectivity index (χ4n) is 2.68. The minimum absolute atomic E-state index is 0.0869. The van der Waals surface area contributed by atoms with E-state index >= 15 is 0 Å². The highest BCUT2D eigenvalue weighted by molar-refractivity contribution is 5.92. The number of para-hydroxylation sites is 1. The van der Waals surface area contributed by atoms with Gasteiger partial charge in [-0.2, -0.15) is 0 Å². The van der Waals surface area contributed by atoms with Crippen LogP contribution in [0.2, 0.25) is 0 Å². The van der Waals surface area contributed by atoms with Gasteiger partial charge in [0.25, 0.3) is 0 Å². The SMILES string of the molecule is COc1ccccc1/C=C/C(=O)N(Cc1ccccc1)Cc1ccco1. The molecule has 0 aliphatic carbocycles. The lowest BCUT2D eigenvalue weighted by molar-refractivity contribution is -0.127. The number of amides is 1. The number of furan rings is 1. The van der Waals surface area contributed by atoms with Crippen LogP contribution in [0.4, 0.5) is 0 Å². The van der Waals surface area contributed by atoms with E-state index in [9.17, 15) is 4.79 Å². The summed E-state index contributed by atoms with van der Waals surface area (Å²) in [4.78, 5) is 14.6. The fourth-order valence-corrected chi connectivity index (χ4v) is 2.68. The molecule has 0 aliphatic heterocycles. The Labute approximate surface area is 153 Å². The van der Waals surface area contributed by atoms with Gasteiger partial charge in [0.15, 0.2) is 0 Å². The number of hydrogen-bond acceptors (Lipinski definition) is 3. The third-order valence-electron chi connectivity index (χ3n) is 4.00. The van der Waals surface area contributed by atoms with Crippen molar-refractivity contribution in [3.05, 3.63) is 96.0 Å². The second-order valence-corrected chi connectivity index (χ2v) is 5.83. The minimum atomic E-state index is -0.0869. The van der Waals surface area contributed by atoms with Crippen LogP contribution in [0.15, 0.2) is 83.5 Å². The molecule has 0 spiro atoms. The van der Waals surface area contributed by atoms with Crippen molar-refractivity contribution in [2.75, 3.05) is 7.11 Å². The molecule has 0 saturated carbocycles. The molecular weight excluding hydrogens is 326 g/mol. The van der Waals surface area contributed by atoms with Crippen molar-refractivity contribution in [3.8, 4) is 5.75 Å². The number of nitrogens with zero attached hydrogens (tertiary/aromatic N) is 1. The van der Waals surface area contributed by atoms with Crippen LogP contribution in [0.25, 0.3) is 6.08 Å². The Morgan fingerprint density at radius 1 is 1.00 bits per heavy atom. The van der Waals surface area contributed by atoms with Crippen LogP contribution in [-0.4, -0.2) is 17.9 Å². The van der Waals surface area contributed by atoms with Crippen LogP contribution in [0.5, 0.6) is 5.75 Å². The topological polar surface area (TPSA) is 42.7 Å². The Morgan fingerprint density at radius 2 is 1.77 bits per heavy atom. The van der Waals surface area contributed by atoms with Crippen molar-refractivity contribution in [2.24, 2.45) is 0 Å². The molecule has 0 saturated heterocycles. The average molecular weight is 347 g/mol. The lowest BCUT2D eigenvalue weighted by Gasteiger charge is -2.20. The number of hydrogen-bond donors (Lipinski definition) is 0. The minimum Gasteiger partial charge on any atom is -0.496 e. The number of benzene rings is 2. The molecule has 0 aliphatic rings. The molecule has 1 heterocycles. The van der Waals surface area contributed by atoms with E-state index in [0.29, 0.717) is 13.1 Å². The predicted molar refractivity (Wildman–Crippen MR) is 101 cm³/mol. The van der Waals surface area contributed by atoms with Gasteiger partial charge in [0.1, 0.15) is 11.5 Å². The summed E-state index contributed by atoms with van der Waals surface area (Å²) >= 11 is 0. The molecule has 0 radical (unpaired) electrons. The molecule has 3 aromatic rings. The molecule has 2 aromatic carbocycles. The average Bonchev–Trinajstić information content (AvgIpc) is 3.20. The lowest BCUT2D eigenvalue weighted by Crippen LogP contribution is -2.28. The summed E-state index contributed by atoms with van der Waals surface area (Å²) in [7, 11) is 1.62. The number of methoxy groups -OCH3 is 1. The summed E-state index contributed by atoms with van der Waals surface area (Å²) in [6.45, 7) is 0.924. The first-order valence-corrected chi connectivity index (χ1v) is 8.42. The molecule has 4 nitrogen and oxygen atoms in total. The molecule has 3 rings (SSSR count). The Morgan fingerprint density at radius 3 is 2.50 bits per heavy atom. The second-order valence-electron chi connectivity index (χ2n) is 5.83. The monoisotopic (exact) mass is 347 g/mol. The van der Waals surface area contributed by atoms with E-state index in [1.165, 1.54) is 0 Å². The predicted octanol–water partition coefficient (Wildman–Crippen LogP) is 4.53. The lowest BCUT2D eigenvalue weighted by atomic mass is 10.1. The van der Waals surface area contributed by atoms with Gasteiger partial charge in [0, 0.05) is 18.2 Å². The van der Waals surface area contributed by atoms with Gasteiger partial charge in [-0.15, -0.1) is 0 Å². The van der Waals surface area contributed by atoms with E-state index in [0.717, 1.165) is 22.6 Å². The van der Waals surface area contributed by atoms with E-state index in [-0.39, 0.29) is 5.91 Å². The zero-order valence-electron chi connectivity index (χ0n) is 14.7. The number of ether oxygens (including phenoxy) is 1. The maximum Gasteiger partial charge on any atom is 0.247 e. The molecule has 1 amide bonds. The van der Waals surface area contributed by atoms with Crippen molar-refractivity contribution in [1.82, 2.24) is 4.90 Å². The molecule has 26 heavy (non-hydrogen) atoms. The Bertz CT molecular complexity index is 854. The van der Waals surface area contributed by atoms with Crippen LogP contribution in [0.3, 0.4) is 0 Å². The highest BCUT2D eigenvalue weighted by Crippen LogP contribution is 2.19. The van der Waals surface area contributed by atoms with Crippen LogP contribution < -0.4 is 4.74 Å². The normalized spacial score (nSPS) is 10.8. The molecule has 0 bridgehead atoms. The summed E-state index contributed by atoms with van der Waals surface area (Å²) < 4.78 is 10.7. The highest BCUT2D eigenvalue weighted by Gasteiger charge is 2.14. The largest absolute Gasteiger partial charge is 0.496 e. The van der Waals surface area contributed by atoms with Crippen molar-refractivity contribution < 1.29 is 13.9 Å². The van der Waals surface area contributed by atoms with Gasteiger partial charge in [-0.3, -0.25) is 4.79 Å². The number of carbonyl (C=O) groups is 1. The Kier molecular flexibility index (Phi) is 5.88. The maximum absolute atomic E-state index is 12.8. The molecule has 0 unspecified atom stereocenters. The highest BCUT2D eigenvalue weighted by atomic mass is 16.5. The zero-order valence-corrected chi connectivity index (χ0v) is 14.7. The molecule has 4 heteroatoms. The van der Waals surface area contributed by atoms with E-state index in [1.807, 2.05) is 66.7 Å². The third-order valence-corrected chi connectivity index (χ3v) is 4.00. The van der Waals surface area contributed by atoms with Crippen molar-refractivity contribution in [1.29, 1.82) is 0 Å². The van der Waals surface area contributed by atoms with Gasteiger partial charge in [0.05, 0.1) is 19.9 Å². The fraction of sp³-hybridized carbons (Fsp3) is 0.136. The number of carbonyl (C=O) groups excluding carboxylic acids is 1. The van der Waals surface area contributed by atoms with Crippen LogP contribution in [-0.2, 0) is 17.9 Å². The van der Waals surface area contributed by atoms with E-state index in [2.05, 4.69) is 0 Å². The van der Waals surface area contributed by atoms with E-state index < -0.39 is 0 Å². The van der Waals surface area contributed by atoms with E-state index in [1.54, 1.807) is 30.4 Å². The quantitative estimate of drug-likeness (QED) is 0.590. The first-order valence-electron chi connectivity index (χ1n) is 8.42. The Hall–Kier alpha value is -3.27. The Balaban J connectivity index is 1.78. The molecular formula is C22H21NO3. The van der Waals surface area contributed by atoms with Gasteiger partial charge in [-0.05, 0) is 29.8 Å². The van der Waals surface area contributed by atoms with Crippen LogP contribution >= 0.6 is 0 Å². The summed E-state index contributed by atoms with van der Waals surface area (Å²) in [5.41, 5.74) is 1.93.